The first kappa shape index (κ1) is 35.1. The zero-order valence-electron chi connectivity index (χ0n) is 30.1. The van der Waals surface area contributed by atoms with Gasteiger partial charge >= 0.3 is 0 Å². The first-order valence-electron chi connectivity index (χ1n) is 19.6. The summed E-state index contributed by atoms with van der Waals surface area (Å²) in [7, 11) is 0. The Hall–Kier alpha value is -4.32. The fourth-order valence-corrected chi connectivity index (χ4v) is 8.34. The number of para-hydroxylation sites is 2. The van der Waals surface area contributed by atoms with Crippen LogP contribution in [0.4, 0.5) is 34.1 Å². The molecule has 0 unspecified atom stereocenters. The zero-order valence-corrected chi connectivity index (χ0v) is 30.1. The van der Waals surface area contributed by atoms with Crippen molar-refractivity contribution in [2.24, 2.45) is 0 Å². The van der Waals surface area contributed by atoms with Crippen LogP contribution in [0.5, 0.6) is 0 Å². The molecule has 2 aliphatic rings. The average molecular weight is 677 g/mol. The van der Waals surface area contributed by atoms with E-state index in [1.165, 1.54) is 113 Å². The van der Waals surface area contributed by atoms with Crippen LogP contribution in [0.25, 0.3) is 0 Å². The molecule has 0 fully saturated rings. The number of hydrogen-bond donors (Lipinski definition) is 2. The van der Waals surface area contributed by atoms with Crippen LogP contribution in [0.1, 0.15) is 88.2 Å². The molecule has 2 aliphatic heterocycles. The molecule has 51 heavy (non-hydrogen) atoms. The standard InChI is InChI=1S/C46H53BN2O2/c50-33-16-7-3-1-5-10-19-36-27-30-39(31-28-36)49-42-24-15-14-23-40(42)47-41-35-37(20-11-6-2-4-8-17-34-51)29-32-43(41)48(38-21-12-9-13-22-38)44-25-18-26-45(49)46(44)47/h9,12-15,18,21-32,35,50-51H,1-8,10-11,16-17,19-20,33-34H2. The number of nitrogens with zero attached hydrogens (tertiary/aromatic N) is 2. The average Bonchev–Trinajstić information content (AvgIpc) is 3.18. The second kappa shape index (κ2) is 17.3. The molecule has 2 heterocycles. The van der Waals surface area contributed by atoms with Crippen molar-refractivity contribution >= 4 is 57.2 Å². The Balaban J connectivity index is 1.21. The zero-order chi connectivity index (χ0) is 34.8. The molecule has 0 atom stereocenters. The predicted octanol–water partition coefficient (Wildman–Crippen LogP) is 9.52. The quantitative estimate of drug-likeness (QED) is 0.0703. The number of fused-ring (bicyclic) bond motifs is 4. The van der Waals surface area contributed by atoms with Gasteiger partial charge < -0.3 is 20.0 Å². The molecular weight excluding hydrogens is 623 g/mol. The molecule has 0 bridgehead atoms. The molecule has 5 aromatic carbocycles. The predicted molar refractivity (Wildman–Crippen MR) is 217 cm³/mol. The van der Waals surface area contributed by atoms with Crippen LogP contribution >= 0.6 is 0 Å². The molecule has 0 amide bonds. The third kappa shape index (κ3) is 7.81. The highest BCUT2D eigenvalue weighted by Gasteiger charge is 2.42. The van der Waals surface area contributed by atoms with Crippen LogP contribution in [0.15, 0.2) is 115 Å². The van der Waals surface area contributed by atoms with E-state index in [1.807, 2.05) is 0 Å². The molecular formula is C46H53BN2O2. The van der Waals surface area contributed by atoms with Gasteiger partial charge in [0.05, 0.1) is 0 Å². The van der Waals surface area contributed by atoms with E-state index in [0.29, 0.717) is 13.2 Å². The first-order chi connectivity index (χ1) is 25.3. The highest BCUT2D eigenvalue weighted by Crippen LogP contribution is 2.43. The normalized spacial score (nSPS) is 12.9. The molecule has 0 saturated carbocycles. The van der Waals surface area contributed by atoms with Gasteiger partial charge in [-0.25, -0.2) is 0 Å². The number of unbranched alkanes of at least 4 members (excludes halogenated alkanes) is 10. The van der Waals surface area contributed by atoms with Gasteiger partial charge in [0.15, 0.2) is 0 Å². The number of hydrogen-bond acceptors (Lipinski definition) is 4. The van der Waals surface area contributed by atoms with E-state index in [9.17, 15) is 0 Å². The summed E-state index contributed by atoms with van der Waals surface area (Å²) in [5, 5.41) is 18.2. The number of aryl methyl sites for hydroxylation is 2. The molecule has 0 spiro atoms. The van der Waals surface area contributed by atoms with Crippen LogP contribution in [-0.4, -0.2) is 30.1 Å². The summed E-state index contributed by atoms with van der Waals surface area (Å²) in [5.74, 6) is 0. The maximum atomic E-state index is 9.12. The van der Waals surface area contributed by atoms with Gasteiger partial charge in [-0.1, -0.05) is 118 Å². The maximum absolute atomic E-state index is 9.12. The molecule has 2 N–H and O–H groups in total. The second-order valence-corrected chi connectivity index (χ2v) is 14.5. The lowest BCUT2D eigenvalue weighted by Crippen LogP contribution is -2.61. The molecule has 262 valence electrons. The monoisotopic (exact) mass is 676 g/mol. The van der Waals surface area contributed by atoms with Crippen molar-refractivity contribution in [3.8, 4) is 0 Å². The van der Waals surface area contributed by atoms with Crippen LogP contribution in [0, 0.1) is 0 Å². The summed E-state index contributed by atoms with van der Waals surface area (Å²) in [6, 6.07) is 43.3. The molecule has 0 saturated heterocycles. The van der Waals surface area contributed by atoms with Gasteiger partial charge in [0.2, 0.25) is 0 Å². The lowest BCUT2D eigenvalue weighted by molar-refractivity contribution is 0.282. The Morgan fingerprint density at radius 1 is 0.392 bits per heavy atom. The van der Waals surface area contributed by atoms with Crippen molar-refractivity contribution in [1.82, 2.24) is 0 Å². The number of anilines is 6. The minimum Gasteiger partial charge on any atom is -0.396 e. The van der Waals surface area contributed by atoms with Gasteiger partial charge in [-0.3, -0.25) is 0 Å². The van der Waals surface area contributed by atoms with Crippen molar-refractivity contribution in [1.29, 1.82) is 0 Å². The summed E-state index contributed by atoms with van der Waals surface area (Å²) in [5.41, 5.74) is 14.4. The van der Waals surface area contributed by atoms with Crippen molar-refractivity contribution in [2.45, 2.75) is 89.9 Å². The molecule has 0 aromatic heterocycles. The van der Waals surface area contributed by atoms with Gasteiger partial charge in [0, 0.05) is 47.3 Å². The summed E-state index contributed by atoms with van der Waals surface area (Å²) in [6.07, 6.45) is 16.1. The lowest BCUT2D eigenvalue weighted by atomic mass is 9.33. The second-order valence-electron chi connectivity index (χ2n) is 14.5. The molecule has 5 heteroatoms. The first-order valence-corrected chi connectivity index (χ1v) is 19.6. The molecule has 5 aromatic rings. The van der Waals surface area contributed by atoms with Crippen LogP contribution in [0.3, 0.4) is 0 Å². The lowest BCUT2D eigenvalue weighted by Gasteiger charge is -2.44. The van der Waals surface area contributed by atoms with Gasteiger partial charge in [-0.2, -0.15) is 0 Å². The van der Waals surface area contributed by atoms with E-state index < -0.39 is 0 Å². The summed E-state index contributed by atoms with van der Waals surface area (Å²) < 4.78 is 0. The van der Waals surface area contributed by atoms with Crippen molar-refractivity contribution < 1.29 is 10.2 Å². The van der Waals surface area contributed by atoms with E-state index in [2.05, 4.69) is 125 Å². The van der Waals surface area contributed by atoms with Gasteiger partial charge in [-0.15, -0.1) is 0 Å². The molecule has 7 rings (SSSR count). The Labute approximate surface area is 305 Å². The Morgan fingerprint density at radius 2 is 0.882 bits per heavy atom. The van der Waals surface area contributed by atoms with Crippen molar-refractivity contribution in [2.75, 3.05) is 23.0 Å². The third-order valence-electron chi connectivity index (χ3n) is 10.9. The maximum Gasteiger partial charge on any atom is 0.252 e. The van der Waals surface area contributed by atoms with E-state index >= 15 is 0 Å². The number of benzene rings is 5. The van der Waals surface area contributed by atoms with Crippen LogP contribution in [-0.2, 0) is 12.8 Å². The fraction of sp³-hybridized carbons (Fsp3) is 0.348. The van der Waals surface area contributed by atoms with E-state index in [0.717, 1.165) is 38.5 Å². The molecule has 4 nitrogen and oxygen atoms in total. The molecule has 0 aliphatic carbocycles. The van der Waals surface area contributed by atoms with Gasteiger partial charge in [0.1, 0.15) is 0 Å². The SMILES string of the molecule is OCCCCCCCCc1ccc(N2c3ccccc3B3c4cc(CCCCCCCCO)ccc4N(c4ccccc4)c4cccc2c43)cc1. The Bertz CT molecular complexity index is 1860. The number of rotatable bonds is 18. The van der Waals surface area contributed by atoms with Gasteiger partial charge in [0.25, 0.3) is 6.71 Å². The van der Waals surface area contributed by atoms with Crippen molar-refractivity contribution in [3.63, 3.8) is 0 Å². The van der Waals surface area contributed by atoms with E-state index in [-0.39, 0.29) is 6.71 Å². The summed E-state index contributed by atoms with van der Waals surface area (Å²) in [6.45, 7) is 0.768. The third-order valence-corrected chi connectivity index (χ3v) is 10.9. The summed E-state index contributed by atoms with van der Waals surface area (Å²) >= 11 is 0. The van der Waals surface area contributed by atoms with E-state index in [4.69, 9.17) is 10.2 Å². The summed E-state index contributed by atoms with van der Waals surface area (Å²) in [4.78, 5) is 4.97. The number of aliphatic hydroxyl groups excluding tert-OH is 2. The Kier molecular flexibility index (Phi) is 11.9. The largest absolute Gasteiger partial charge is 0.396 e. The fourth-order valence-electron chi connectivity index (χ4n) is 8.34. The highest BCUT2D eigenvalue weighted by atomic mass is 16.3. The highest BCUT2D eigenvalue weighted by molar-refractivity contribution is 7.00. The Morgan fingerprint density at radius 3 is 1.53 bits per heavy atom. The topological polar surface area (TPSA) is 46.9 Å². The minimum absolute atomic E-state index is 0.147. The smallest absolute Gasteiger partial charge is 0.252 e. The van der Waals surface area contributed by atoms with Gasteiger partial charge in [-0.05, 0) is 115 Å². The molecule has 0 radical (unpaired) electrons. The van der Waals surface area contributed by atoms with Crippen LogP contribution < -0.4 is 26.2 Å². The van der Waals surface area contributed by atoms with Crippen LogP contribution in [0.2, 0.25) is 0 Å². The van der Waals surface area contributed by atoms with Crippen molar-refractivity contribution in [3.05, 3.63) is 126 Å². The minimum atomic E-state index is 0.147. The van der Waals surface area contributed by atoms with E-state index in [1.54, 1.807) is 0 Å². The number of aliphatic hydroxyl groups is 2.